The summed E-state index contributed by atoms with van der Waals surface area (Å²) in [5.41, 5.74) is -4.04. The molecule has 1 aliphatic carbocycles. The zero-order valence-electron chi connectivity index (χ0n) is 15.7. The fourth-order valence-electron chi connectivity index (χ4n) is 2.96. The van der Waals surface area contributed by atoms with Gasteiger partial charge in [0.15, 0.2) is 5.76 Å². The second-order valence-electron chi connectivity index (χ2n) is 6.20. The third-order valence-electron chi connectivity index (χ3n) is 4.26. The molecule has 1 aliphatic heterocycles. The number of hydrogen-bond acceptors (Lipinski definition) is 7. The zero-order chi connectivity index (χ0) is 22.2. The molecule has 0 atom stereocenters. The number of methoxy groups -OCH3 is 1. The van der Waals surface area contributed by atoms with Crippen molar-refractivity contribution < 1.29 is 31.9 Å². The monoisotopic (exact) mass is 447 g/mol. The summed E-state index contributed by atoms with van der Waals surface area (Å²) in [6.07, 6.45) is -1.06. The Labute approximate surface area is 177 Å². The average Bonchev–Trinajstić information content (AvgIpc) is 3.11. The average molecular weight is 447 g/mol. The van der Waals surface area contributed by atoms with Crippen LogP contribution >= 0.6 is 11.8 Å². The van der Waals surface area contributed by atoms with Crippen molar-refractivity contribution in [1.29, 1.82) is 0 Å². The van der Waals surface area contributed by atoms with Crippen LogP contribution in [0.2, 0.25) is 0 Å². The maximum Gasteiger partial charge on any atom is 0.446 e. The number of ether oxygens (including phenoxy) is 1. The predicted molar refractivity (Wildman–Crippen MR) is 106 cm³/mol. The lowest BCUT2D eigenvalue weighted by Gasteiger charge is -2.18. The highest BCUT2D eigenvalue weighted by atomic mass is 32.2. The Morgan fingerprint density at radius 1 is 1.06 bits per heavy atom. The molecule has 1 heterocycles. The summed E-state index contributed by atoms with van der Waals surface area (Å²) in [6.45, 7) is 0. The van der Waals surface area contributed by atoms with Crippen LogP contribution in [-0.2, 0) is 4.74 Å². The summed E-state index contributed by atoms with van der Waals surface area (Å²) >= 11 is -0.317. The molecule has 0 spiro atoms. The molecule has 4 rings (SSSR count). The van der Waals surface area contributed by atoms with Crippen molar-refractivity contribution in [2.24, 2.45) is 0 Å². The Morgan fingerprint density at radius 2 is 1.77 bits per heavy atom. The second kappa shape index (κ2) is 7.91. The van der Waals surface area contributed by atoms with E-state index in [4.69, 9.17) is 4.42 Å². The number of hydrogen-bond donors (Lipinski definition) is 0. The van der Waals surface area contributed by atoms with Crippen LogP contribution in [0.15, 0.2) is 63.9 Å². The van der Waals surface area contributed by atoms with E-state index in [1.165, 1.54) is 12.1 Å². The number of rotatable bonds is 3. The Morgan fingerprint density at radius 3 is 2.45 bits per heavy atom. The lowest BCUT2D eigenvalue weighted by Crippen LogP contribution is -2.37. The second-order valence-corrected chi connectivity index (χ2v) is 7.34. The minimum atomic E-state index is -4.47. The molecular formula is C20H12F3N3O4S. The molecule has 0 fully saturated rings. The minimum Gasteiger partial charge on any atom is -0.452 e. The topological polar surface area (TPSA) is 85.5 Å². The largest absolute Gasteiger partial charge is 0.452 e. The molecule has 0 saturated carbocycles. The molecule has 0 bridgehead atoms. The number of imide groups is 1. The van der Waals surface area contributed by atoms with E-state index < -0.39 is 23.4 Å². The SMILES string of the molecule is COC(=O)N(C(=O)c1nnc2c3ccccc3cc-2o1)c1ccc(SC(F)(F)F)cc1. The van der Waals surface area contributed by atoms with E-state index in [9.17, 15) is 22.8 Å². The summed E-state index contributed by atoms with van der Waals surface area (Å²) in [6, 6.07) is 13.6. The van der Waals surface area contributed by atoms with Gasteiger partial charge < -0.3 is 9.15 Å². The number of carbonyl (C=O) groups excluding carboxylic acids is 2. The predicted octanol–water partition coefficient (Wildman–Crippen LogP) is 5.35. The highest BCUT2D eigenvalue weighted by molar-refractivity contribution is 8.00. The molecule has 0 unspecified atom stereocenters. The number of anilines is 1. The quantitative estimate of drug-likeness (QED) is 0.391. The smallest absolute Gasteiger partial charge is 0.446 e. The maximum atomic E-state index is 13.0. The maximum absolute atomic E-state index is 13.0. The Hall–Kier alpha value is -3.60. The molecule has 2 amide bonds. The molecule has 0 radical (unpaired) electrons. The fraction of sp³-hybridized carbons (Fsp3) is 0.100. The summed E-state index contributed by atoms with van der Waals surface area (Å²) in [7, 11) is 1.06. The van der Waals surface area contributed by atoms with Gasteiger partial charge in [-0.1, -0.05) is 24.3 Å². The highest BCUT2D eigenvalue weighted by Crippen LogP contribution is 2.37. The Balaban J connectivity index is 1.70. The molecule has 158 valence electrons. The van der Waals surface area contributed by atoms with Crippen LogP contribution in [-0.4, -0.2) is 34.8 Å². The van der Waals surface area contributed by atoms with Gasteiger partial charge in [0, 0.05) is 10.3 Å². The van der Waals surface area contributed by atoms with E-state index in [0.29, 0.717) is 16.4 Å². The summed E-state index contributed by atoms with van der Waals surface area (Å²) in [4.78, 5) is 25.7. The molecule has 0 aromatic heterocycles. The van der Waals surface area contributed by atoms with E-state index in [1.54, 1.807) is 6.07 Å². The van der Waals surface area contributed by atoms with Gasteiger partial charge in [0.25, 0.3) is 0 Å². The number of benzene rings is 2. The van der Waals surface area contributed by atoms with Crippen LogP contribution in [0, 0.1) is 0 Å². The third kappa shape index (κ3) is 4.17. The summed E-state index contributed by atoms with van der Waals surface area (Å²) in [5, 5.41) is 9.45. The zero-order valence-corrected chi connectivity index (χ0v) is 16.5. The molecule has 0 N–H and O–H groups in total. The van der Waals surface area contributed by atoms with Gasteiger partial charge in [-0.05, 0) is 47.5 Å². The van der Waals surface area contributed by atoms with Gasteiger partial charge in [-0.3, -0.25) is 4.79 Å². The lowest BCUT2D eigenvalue weighted by molar-refractivity contribution is -0.0328. The van der Waals surface area contributed by atoms with Crippen molar-refractivity contribution in [2.45, 2.75) is 10.4 Å². The van der Waals surface area contributed by atoms with Gasteiger partial charge in [-0.2, -0.15) is 13.2 Å². The fourth-order valence-corrected chi connectivity index (χ4v) is 3.50. The van der Waals surface area contributed by atoms with Crippen LogP contribution in [0.1, 0.15) is 10.7 Å². The van der Waals surface area contributed by atoms with E-state index in [1.807, 2.05) is 24.3 Å². The lowest BCUT2D eigenvalue weighted by atomic mass is 10.2. The normalized spacial score (nSPS) is 11.6. The van der Waals surface area contributed by atoms with E-state index in [2.05, 4.69) is 14.9 Å². The van der Waals surface area contributed by atoms with Crippen LogP contribution in [0.4, 0.5) is 23.7 Å². The standard InChI is InChI=1S/C20H12F3N3O4S/c1-29-19(28)26(12-6-8-13(9-7-12)31-20(21,22)23)18(27)17-25-24-16-14-5-3-2-4-11(14)10-15(16)30-17/h2-10H,1H3. The summed E-state index contributed by atoms with van der Waals surface area (Å²) < 4.78 is 47.8. The van der Waals surface area contributed by atoms with Gasteiger partial charge in [-0.25, -0.2) is 9.69 Å². The first kappa shape index (κ1) is 20.7. The van der Waals surface area contributed by atoms with Crippen molar-refractivity contribution >= 4 is 40.2 Å². The molecule has 7 nitrogen and oxygen atoms in total. The number of carbonyl (C=O) groups is 2. The number of halogens is 3. The first-order valence-electron chi connectivity index (χ1n) is 8.70. The molecule has 31 heavy (non-hydrogen) atoms. The van der Waals surface area contributed by atoms with Crippen LogP contribution in [0.5, 0.6) is 0 Å². The molecule has 2 aromatic rings. The van der Waals surface area contributed by atoms with E-state index in [-0.39, 0.29) is 22.3 Å². The Kier molecular flexibility index (Phi) is 5.27. The number of thioether (sulfide) groups is 1. The Bertz CT molecular complexity index is 1240. The van der Waals surface area contributed by atoms with Crippen molar-refractivity contribution in [3.05, 3.63) is 60.5 Å². The van der Waals surface area contributed by atoms with Crippen molar-refractivity contribution in [3.63, 3.8) is 0 Å². The van der Waals surface area contributed by atoms with E-state index in [0.717, 1.165) is 30.0 Å². The van der Waals surface area contributed by atoms with Gasteiger partial charge in [0.05, 0.1) is 12.8 Å². The van der Waals surface area contributed by atoms with Crippen LogP contribution < -0.4 is 4.90 Å². The molecular weight excluding hydrogens is 435 g/mol. The molecule has 2 aliphatic rings. The number of amides is 2. The van der Waals surface area contributed by atoms with Crippen molar-refractivity contribution in [1.82, 2.24) is 10.2 Å². The molecule has 0 saturated heterocycles. The number of nitrogens with zero attached hydrogens (tertiary/aromatic N) is 3. The number of aromatic nitrogens is 2. The number of alkyl halides is 3. The highest BCUT2D eigenvalue weighted by Gasteiger charge is 2.32. The first-order valence-corrected chi connectivity index (χ1v) is 9.51. The van der Waals surface area contributed by atoms with E-state index >= 15 is 0 Å². The van der Waals surface area contributed by atoms with Gasteiger partial charge in [-0.15, -0.1) is 10.2 Å². The minimum absolute atomic E-state index is 0.0202. The third-order valence-corrected chi connectivity index (χ3v) is 4.99. The van der Waals surface area contributed by atoms with Gasteiger partial charge in [0.1, 0.15) is 5.69 Å². The number of fused-ring (bicyclic) bond motifs is 3. The van der Waals surface area contributed by atoms with Crippen molar-refractivity contribution in [3.8, 4) is 11.5 Å². The molecule has 11 heteroatoms. The van der Waals surface area contributed by atoms with Gasteiger partial charge in [0.2, 0.25) is 0 Å². The van der Waals surface area contributed by atoms with Crippen LogP contribution in [0.25, 0.3) is 22.2 Å². The molecule has 2 aromatic carbocycles. The van der Waals surface area contributed by atoms with Gasteiger partial charge >= 0.3 is 23.4 Å². The van der Waals surface area contributed by atoms with Crippen LogP contribution in [0.3, 0.4) is 0 Å². The summed E-state index contributed by atoms with van der Waals surface area (Å²) in [5.74, 6) is -1.18. The van der Waals surface area contributed by atoms with Crippen molar-refractivity contribution in [2.75, 3.05) is 12.0 Å². The first-order chi connectivity index (χ1) is 14.8.